The number of pyridine rings is 1. The Morgan fingerprint density at radius 3 is 2.92 bits per heavy atom. The number of aromatic nitrogens is 2. The molecule has 6 heteroatoms. The van der Waals surface area contributed by atoms with Crippen molar-refractivity contribution in [3.63, 3.8) is 0 Å². The number of benzene rings is 1. The highest BCUT2D eigenvalue weighted by Crippen LogP contribution is 2.18. The maximum Gasteiger partial charge on any atom is 0.258 e. The van der Waals surface area contributed by atoms with E-state index in [1.807, 2.05) is 48.0 Å². The minimum Gasteiger partial charge on any atom is -0.497 e. The quantitative estimate of drug-likeness (QED) is 0.755. The highest BCUT2D eigenvalue weighted by atomic mass is 16.5. The number of carbonyl (C=O) groups is 1. The first-order valence-electron chi connectivity index (χ1n) is 7.62. The van der Waals surface area contributed by atoms with E-state index in [4.69, 9.17) is 9.47 Å². The second-order valence-corrected chi connectivity index (χ2v) is 5.45. The molecule has 124 valence electrons. The zero-order valence-electron chi connectivity index (χ0n) is 13.7. The van der Waals surface area contributed by atoms with Crippen molar-refractivity contribution in [3.8, 4) is 11.5 Å². The Labute approximate surface area is 140 Å². The topological polar surface area (TPSA) is 64.9 Å². The molecule has 0 bridgehead atoms. The number of nitrogens with zero attached hydrogens (tertiary/aromatic N) is 2. The van der Waals surface area contributed by atoms with E-state index in [0.717, 1.165) is 16.9 Å². The lowest BCUT2D eigenvalue weighted by atomic mass is 10.3. The lowest BCUT2D eigenvalue weighted by Crippen LogP contribution is -2.28. The van der Waals surface area contributed by atoms with Crippen molar-refractivity contribution < 1.29 is 14.3 Å². The molecule has 3 aromatic rings. The summed E-state index contributed by atoms with van der Waals surface area (Å²) in [4.78, 5) is 16.4. The number of hydrogen-bond donors (Lipinski definition) is 1. The molecule has 2 aromatic heterocycles. The molecule has 0 radical (unpaired) electrons. The number of rotatable bonds is 6. The van der Waals surface area contributed by atoms with Gasteiger partial charge in [-0.25, -0.2) is 4.98 Å². The van der Waals surface area contributed by atoms with Gasteiger partial charge in [0.2, 0.25) is 0 Å². The summed E-state index contributed by atoms with van der Waals surface area (Å²) in [6.07, 6.45) is 3.85. The Kier molecular flexibility index (Phi) is 4.65. The summed E-state index contributed by atoms with van der Waals surface area (Å²) in [6.45, 7) is 2.33. The maximum atomic E-state index is 11.9. The van der Waals surface area contributed by atoms with Gasteiger partial charge in [-0.2, -0.15) is 0 Å². The maximum absolute atomic E-state index is 11.9. The molecule has 0 aliphatic heterocycles. The fourth-order valence-electron chi connectivity index (χ4n) is 2.30. The van der Waals surface area contributed by atoms with Crippen LogP contribution in [0.4, 0.5) is 0 Å². The number of carbonyl (C=O) groups excluding carboxylic acids is 1. The molecule has 24 heavy (non-hydrogen) atoms. The summed E-state index contributed by atoms with van der Waals surface area (Å²) in [7, 11) is 1.59. The van der Waals surface area contributed by atoms with Crippen molar-refractivity contribution in [2.75, 3.05) is 13.7 Å². The average Bonchev–Trinajstić information content (AvgIpc) is 3.00. The molecule has 0 unspecified atom stereocenters. The fourth-order valence-corrected chi connectivity index (χ4v) is 2.30. The number of ether oxygens (including phenoxy) is 2. The summed E-state index contributed by atoms with van der Waals surface area (Å²) in [6, 6.07) is 11.1. The Hall–Kier alpha value is -3.02. The van der Waals surface area contributed by atoms with Crippen LogP contribution in [0.2, 0.25) is 0 Å². The first-order chi connectivity index (χ1) is 11.6. The van der Waals surface area contributed by atoms with Gasteiger partial charge in [0.25, 0.3) is 5.91 Å². The third-order valence-electron chi connectivity index (χ3n) is 3.54. The Morgan fingerprint density at radius 1 is 1.25 bits per heavy atom. The average molecular weight is 325 g/mol. The number of aryl methyl sites for hydroxylation is 1. The lowest BCUT2D eigenvalue weighted by Gasteiger charge is -2.07. The van der Waals surface area contributed by atoms with E-state index in [-0.39, 0.29) is 12.5 Å². The minimum absolute atomic E-state index is 0.0559. The molecule has 0 aliphatic rings. The van der Waals surface area contributed by atoms with Crippen molar-refractivity contribution in [2.45, 2.75) is 13.5 Å². The zero-order valence-corrected chi connectivity index (χ0v) is 13.7. The van der Waals surface area contributed by atoms with Gasteiger partial charge in [-0.15, -0.1) is 0 Å². The highest BCUT2D eigenvalue weighted by molar-refractivity contribution is 5.77. The molecular weight excluding hydrogens is 306 g/mol. The van der Waals surface area contributed by atoms with Gasteiger partial charge in [0.1, 0.15) is 17.1 Å². The first-order valence-corrected chi connectivity index (χ1v) is 7.62. The molecule has 0 saturated carbocycles. The van der Waals surface area contributed by atoms with Gasteiger partial charge >= 0.3 is 0 Å². The number of methoxy groups -OCH3 is 1. The Morgan fingerprint density at radius 2 is 2.08 bits per heavy atom. The molecule has 0 atom stereocenters. The van der Waals surface area contributed by atoms with Gasteiger partial charge in [-0.1, -0.05) is 6.07 Å². The predicted molar refractivity (Wildman–Crippen MR) is 90.3 cm³/mol. The van der Waals surface area contributed by atoms with Crippen LogP contribution in [-0.4, -0.2) is 29.0 Å². The van der Waals surface area contributed by atoms with Crippen LogP contribution < -0.4 is 14.8 Å². The van der Waals surface area contributed by atoms with Crippen LogP contribution in [0.1, 0.15) is 11.3 Å². The molecule has 0 aliphatic carbocycles. The summed E-state index contributed by atoms with van der Waals surface area (Å²) in [5.74, 6) is 1.08. The number of imidazole rings is 1. The van der Waals surface area contributed by atoms with Gasteiger partial charge in [-0.05, 0) is 36.8 Å². The monoisotopic (exact) mass is 325 g/mol. The first kappa shape index (κ1) is 15.9. The normalized spacial score (nSPS) is 10.6. The van der Waals surface area contributed by atoms with Crippen LogP contribution in [0.5, 0.6) is 11.5 Å². The molecule has 6 nitrogen and oxygen atoms in total. The molecule has 0 saturated heterocycles. The fraction of sp³-hybridized carbons (Fsp3) is 0.222. The molecule has 3 rings (SSSR count). The SMILES string of the molecule is COc1cccc(OCC(=O)NCc2cn3ccc(C)cc3n2)c1. The van der Waals surface area contributed by atoms with Gasteiger partial charge in [0.15, 0.2) is 6.61 Å². The second-order valence-electron chi connectivity index (χ2n) is 5.45. The molecule has 1 aromatic carbocycles. The molecule has 0 fully saturated rings. The molecule has 0 spiro atoms. The van der Waals surface area contributed by atoms with Crippen LogP contribution >= 0.6 is 0 Å². The summed E-state index contributed by atoms with van der Waals surface area (Å²) in [5.41, 5.74) is 2.82. The minimum atomic E-state index is -0.203. The van der Waals surface area contributed by atoms with Crippen molar-refractivity contribution in [3.05, 3.63) is 60.0 Å². The predicted octanol–water partition coefficient (Wildman–Crippen LogP) is 2.35. The Balaban J connectivity index is 1.52. The van der Waals surface area contributed by atoms with E-state index in [0.29, 0.717) is 18.0 Å². The van der Waals surface area contributed by atoms with Gasteiger partial charge in [-0.3, -0.25) is 4.79 Å². The van der Waals surface area contributed by atoms with Crippen LogP contribution in [0.25, 0.3) is 5.65 Å². The van der Waals surface area contributed by atoms with E-state index in [9.17, 15) is 4.79 Å². The van der Waals surface area contributed by atoms with E-state index >= 15 is 0 Å². The van der Waals surface area contributed by atoms with Crippen LogP contribution in [0.3, 0.4) is 0 Å². The third-order valence-corrected chi connectivity index (χ3v) is 3.54. The third kappa shape index (κ3) is 3.84. The standard InChI is InChI=1S/C18H19N3O3/c1-13-6-7-21-11-14(20-17(21)8-13)10-19-18(22)12-24-16-5-3-4-15(9-16)23-2/h3-9,11H,10,12H2,1-2H3,(H,19,22). The molecular formula is C18H19N3O3. The van der Waals surface area contributed by atoms with Gasteiger partial charge < -0.3 is 19.2 Å². The van der Waals surface area contributed by atoms with Crippen molar-refractivity contribution >= 4 is 11.6 Å². The largest absolute Gasteiger partial charge is 0.497 e. The Bertz CT molecular complexity index is 858. The molecule has 1 N–H and O–H groups in total. The van der Waals surface area contributed by atoms with Crippen LogP contribution in [-0.2, 0) is 11.3 Å². The summed E-state index contributed by atoms with van der Waals surface area (Å²) >= 11 is 0. The van der Waals surface area contributed by atoms with Crippen molar-refractivity contribution in [1.82, 2.24) is 14.7 Å². The van der Waals surface area contributed by atoms with Gasteiger partial charge in [0, 0.05) is 18.5 Å². The summed E-state index contributed by atoms with van der Waals surface area (Å²) < 4.78 is 12.5. The number of fused-ring (bicyclic) bond motifs is 1. The molecule has 2 heterocycles. The molecule has 1 amide bonds. The summed E-state index contributed by atoms with van der Waals surface area (Å²) in [5, 5.41) is 2.80. The number of amides is 1. The zero-order chi connectivity index (χ0) is 16.9. The van der Waals surface area contributed by atoms with E-state index < -0.39 is 0 Å². The van der Waals surface area contributed by atoms with Crippen molar-refractivity contribution in [2.24, 2.45) is 0 Å². The van der Waals surface area contributed by atoms with Crippen LogP contribution in [0.15, 0.2) is 48.8 Å². The van der Waals surface area contributed by atoms with Gasteiger partial charge in [0.05, 0.1) is 19.3 Å². The number of hydrogen-bond acceptors (Lipinski definition) is 4. The van der Waals surface area contributed by atoms with E-state index in [2.05, 4.69) is 10.3 Å². The highest BCUT2D eigenvalue weighted by Gasteiger charge is 2.06. The lowest BCUT2D eigenvalue weighted by molar-refractivity contribution is -0.123. The van der Waals surface area contributed by atoms with Crippen LogP contribution in [0, 0.1) is 6.92 Å². The smallest absolute Gasteiger partial charge is 0.258 e. The number of nitrogens with one attached hydrogen (secondary N) is 1. The van der Waals surface area contributed by atoms with Crippen molar-refractivity contribution in [1.29, 1.82) is 0 Å². The second kappa shape index (κ2) is 7.04. The van der Waals surface area contributed by atoms with E-state index in [1.54, 1.807) is 19.2 Å². The van der Waals surface area contributed by atoms with E-state index in [1.165, 1.54) is 0 Å².